The first-order chi connectivity index (χ1) is 10.4. The molecule has 0 aliphatic heterocycles. The van der Waals surface area contributed by atoms with Gasteiger partial charge in [0.1, 0.15) is 5.60 Å². The monoisotopic (exact) mass is 307 g/mol. The minimum atomic E-state index is -4.32. The first-order valence-corrected chi connectivity index (χ1v) is 7.19. The van der Waals surface area contributed by atoms with Gasteiger partial charge in [0, 0.05) is 6.20 Å². The zero-order valence-electron chi connectivity index (χ0n) is 11.8. The number of aromatic nitrogens is 1. The second-order valence-corrected chi connectivity index (χ2v) is 5.81. The van der Waals surface area contributed by atoms with Crippen molar-refractivity contribution >= 4 is 0 Å². The molecule has 1 aliphatic rings. The van der Waals surface area contributed by atoms with Gasteiger partial charge in [-0.15, -0.1) is 0 Å². The van der Waals surface area contributed by atoms with Crippen LogP contribution in [0.3, 0.4) is 0 Å². The Labute approximate surface area is 126 Å². The van der Waals surface area contributed by atoms with Crippen molar-refractivity contribution in [1.29, 1.82) is 0 Å². The van der Waals surface area contributed by atoms with E-state index >= 15 is 0 Å². The van der Waals surface area contributed by atoms with E-state index in [-0.39, 0.29) is 5.92 Å². The van der Waals surface area contributed by atoms with Crippen LogP contribution in [0.25, 0.3) is 0 Å². The first kappa shape index (κ1) is 15.0. The van der Waals surface area contributed by atoms with Crippen molar-refractivity contribution in [2.24, 2.45) is 0 Å². The van der Waals surface area contributed by atoms with Crippen LogP contribution in [0.1, 0.15) is 42.0 Å². The summed E-state index contributed by atoms with van der Waals surface area (Å²) >= 11 is 0. The van der Waals surface area contributed by atoms with Crippen LogP contribution in [-0.4, -0.2) is 10.1 Å². The topological polar surface area (TPSA) is 33.1 Å². The molecule has 0 bridgehead atoms. The Bertz CT molecular complexity index is 639. The van der Waals surface area contributed by atoms with Crippen LogP contribution in [0.5, 0.6) is 0 Å². The lowest BCUT2D eigenvalue weighted by molar-refractivity contribution is -0.137. The van der Waals surface area contributed by atoms with Crippen molar-refractivity contribution < 1.29 is 18.3 Å². The average molecular weight is 307 g/mol. The molecule has 0 saturated heterocycles. The van der Waals surface area contributed by atoms with E-state index in [0.717, 1.165) is 24.1 Å². The SMILES string of the molecule is O[C@]1(c2ccccn2)CC[C@@H](c2ccc(C(F)(F)F)cc2)C1. The number of hydrogen-bond donors (Lipinski definition) is 1. The van der Waals surface area contributed by atoms with Crippen molar-refractivity contribution in [2.75, 3.05) is 0 Å². The summed E-state index contributed by atoms with van der Waals surface area (Å²) in [4.78, 5) is 4.21. The molecule has 1 fully saturated rings. The van der Waals surface area contributed by atoms with E-state index in [1.165, 1.54) is 12.1 Å². The normalized spacial score (nSPS) is 25.4. The van der Waals surface area contributed by atoms with Gasteiger partial charge in [0.05, 0.1) is 11.3 Å². The molecule has 2 aromatic rings. The lowest BCUT2D eigenvalue weighted by Crippen LogP contribution is -2.22. The summed E-state index contributed by atoms with van der Waals surface area (Å²) in [7, 11) is 0. The number of halogens is 3. The molecule has 3 rings (SSSR count). The number of alkyl halides is 3. The second kappa shape index (κ2) is 5.39. The molecule has 1 aromatic carbocycles. The summed E-state index contributed by atoms with van der Waals surface area (Å²) < 4.78 is 37.8. The highest BCUT2D eigenvalue weighted by Crippen LogP contribution is 2.46. The average Bonchev–Trinajstić information content (AvgIpc) is 2.91. The van der Waals surface area contributed by atoms with E-state index in [9.17, 15) is 18.3 Å². The van der Waals surface area contributed by atoms with E-state index < -0.39 is 17.3 Å². The Morgan fingerprint density at radius 1 is 1.09 bits per heavy atom. The van der Waals surface area contributed by atoms with Crippen molar-refractivity contribution in [3.63, 3.8) is 0 Å². The van der Waals surface area contributed by atoms with Crippen LogP contribution in [-0.2, 0) is 11.8 Å². The van der Waals surface area contributed by atoms with Crippen molar-refractivity contribution in [1.82, 2.24) is 4.98 Å². The van der Waals surface area contributed by atoms with Gasteiger partial charge in [0.15, 0.2) is 0 Å². The van der Waals surface area contributed by atoms with E-state index in [0.29, 0.717) is 18.5 Å². The number of aliphatic hydroxyl groups is 1. The number of benzene rings is 1. The van der Waals surface area contributed by atoms with Crippen molar-refractivity contribution in [2.45, 2.75) is 37.0 Å². The summed E-state index contributed by atoms with van der Waals surface area (Å²) in [6.45, 7) is 0. The number of hydrogen-bond acceptors (Lipinski definition) is 2. The summed E-state index contributed by atoms with van der Waals surface area (Å²) in [6.07, 6.45) is -0.898. The zero-order chi connectivity index (χ0) is 15.8. The Hall–Kier alpha value is -1.88. The highest BCUT2D eigenvalue weighted by molar-refractivity contribution is 5.29. The fourth-order valence-electron chi connectivity index (χ4n) is 3.12. The number of pyridine rings is 1. The lowest BCUT2D eigenvalue weighted by Gasteiger charge is -2.22. The first-order valence-electron chi connectivity index (χ1n) is 7.19. The molecule has 0 unspecified atom stereocenters. The molecule has 5 heteroatoms. The van der Waals surface area contributed by atoms with Crippen LogP contribution in [0.15, 0.2) is 48.7 Å². The zero-order valence-corrected chi connectivity index (χ0v) is 11.8. The predicted molar refractivity (Wildman–Crippen MR) is 76.2 cm³/mol. The Morgan fingerprint density at radius 3 is 2.41 bits per heavy atom. The van der Waals surface area contributed by atoms with Gasteiger partial charge in [0.25, 0.3) is 0 Å². The molecule has 1 heterocycles. The second-order valence-electron chi connectivity index (χ2n) is 5.81. The fourth-order valence-corrected chi connectivity index (χ4v) is 3.12. The largest absolute Gasteiger partial charge is 0.416 e. The Kier molecular flexibility index (Phi) is 3.68. The Morgan fingerprint density at radius 2 is 1.82 bits per heavy atom. The standard InChI is InChI=1S/C17H16F3NO/c18-17(19,20)14-6-4-12(5-7-14)13-8-9-16(22,11-13)15-3-1-2-10-21-15/h1-7,10,13,22H,8-9,11H2/t13-,16-/m1/s1. The van der Waals surface area contributed by atoms with E-state index in [1.54, 1.807) is 18.3 Å². The summed E-state index contributed by atoms with van der Waals surface area (Å²) in [5.41, 5.74) is -0.173. The molecule has 1 aromatic heterocycles. The summed E-state index contributed by atoms with van der Waals surface area (Å²) in [5.74, 6) is 0.0503. The number of rotatable bonds is 2. The van der Waals surface area contributed by atoms with Crippen molar-refractivity contribution in [3.8, 4) is 0 Å². The fraction of sp³-hybridized carbons (Fsp3) is 0.353. The van der Waals surface area contributed by atoms with Crippen LogP contribution in [0, 0.1) is 0 Å². The molecular formula is C17H16F3NO. The molecule has 22 heavy (non-hydrogen) atoms. The van der Waals surface area contributed by atoms with Crippen LogP contribution < -0.4 is 0 Å². The minimum Gasteiger partial charge on any atom is -0.384 e. The molecule has 1 N–H and O–H groups in total. The molecule has 1 saturated carbocycles. The molecule has 0 spiro atoms. The number of nitrogens with zero attached hydrogens (tertiary/aromatic N) is 1. The summed E-state index contributed by atoms with van der Waals surface area (Å²) in [6, 6.07) is 10.6. The van der Waals surface area contributed by atoms with E-state index in [1.807, 2.05) is 6.07 Å². The maximum atomic E-state index is 12.6. The quantitative estimate of drug-likeness (QED) is 0.899. The minimum absolute atomic E-state index is 0.0503. The third kappa shape index (κ3) is 2.86. The van der Waals surface area contributed by atoms with Gasteiger partial charge in [0.2, 0.25) is 0 Å². The van der Waals surface area contributed by atoms with Gasteiger partial charge in [-0.25, -0.2) is 0 Å². The van der Waals surface area contributed by atoms with Crippen LogP contribution in [0.2, 0.25) is 0 Å². The van der Waals surface area contributed by atoms with Gasteiger partial charge in [-0.1, -0.05) is 18.2 Å². The molecule has 0 amide bonds. The van der Waals surface area contributed by atoms with Crippen LogP contribution in [0.4, 0.5) is 13.2 Å². The third-order valence-corrected chi connectivity index (χ3v) is 4.34. The molecule has 2 nitrogen and oxygen atoms in total. The third-order valence-electron chi connectivity index (χ3n) is 4.34. The van der Waals surface area contributed by atoms with Gasteiger partial charge >= 0.3 is 6.18 Å². The molecule has 116 valence electrons. The molecule has 2 atom stereocenters. The van der Waals surface area contributed by atoms with E-state index in [2.05, 4.69) is 4.98 Å². The van der Waals surface area contributed by atoms with Gasteiger partial charge in [-0.3, -0.25) is 4.98 Å². The van der Waals surface area contributed by atoms with Crippen LogP contribution >= 0.6 is 0 Å². The van der Waals surface area contributed by atoms with Gasteiger partial charge < -0.3 is 5.11 Å². The Balaban J connectivity index is 1.78. The molecular weight excluding hydrogens is 291 g/mol. The maximum absolute atomic E-state index is 12.6. The predicted octanol–water partition coefficient (Wildman–Crippen LogP) is 4.26. The smallest absolute Gasteiger partial charge is 0.384 e. The van der Waals surface area contributed by atoms with Gasteiger partial charge in [-0.05, 0) is 55.0 Å². The lowest BCUT2D eigenvalue weighted by atomic mass is 9.92. The maximum Gasteiger partial charge on any atom is 0.416 e. The van der Waals surface area contributed by atoms with Crippen molar-refractivity contribution in [3.05, 3.63) is 65.5 Å². The molecule has 1 aliphatic carbocycles. The van der Waals surface area contributed by atoms with E-state index in [4.69, 9.17) is 0 Å². The highest BCUT2D eigenvalue weighted by atomic mass is 19.4. The summed E-state index contributed by atoms with van der Waals surface area (Å²) in [5, 5.41) is 10.7. The highest BCUT2D eigenvalue weighted by Gasteiger charge is 2.40. The molecule has 0 radical (unpaired) electrons. The van der Waals surface area contributed by atoms with Gasteiger partial charge in [-0.2, -0.15) is 13.2 Å².